The second kappa shape index (κ2) is 16.2. The lowest BCUT2D eigenvalue weighted by molar-refractivity contribution is -0.140. The molecule has 0 aliphatic rings. The number of amides is 2. The van der Waals surface area contributed by atoms with E-state index in [1.807, 2.05) is 37.3 Å². The minimum Gasteiger partial charge on any atom is -0.492 e. The van der Waals surface area contributed by atoms with Crippen molar-refractivity contribution in [2.24, 2.45) is 0 Å². The first-order valence-electron chi connectivity index (χ1n) is 15.0. The molecule has 46 heavy (non-hydrogen) atoms. The van der Waals surface area contributed by atoms with Gasteiger partial charge in [-0.25, -0.2) is 12.8 Å². The van der Waals surface area contributed by atoms with Crippen molar-refractivity contribution in [3.63, 3.8) is 0 Å². The number of anilines is 1. The Kier molecular flexibility index (Phi) is 12.2. The lowest BCUT2D eigenvalue weighted by atomic mass is 10.0. The molecule has 0 aliphatic carbocycles. The Morgan fingerprint density at radius 3 is 2.17 bits per heavy atom. The van der Waals surface area contributed by atoms with Crippen LogP contribution < -0.4 is 14.4 Å². The monoisotopic (exact) mass is 665 g/mol. The van der Waals surface area contributed by atoms with Gasteiger partial charge in [0, 0.05) is 24.5 Å². The highest BCUT2D eigenvalue weighted by Crippen LogP contribution is 2.33. The van der Waals surface area contributed by atoms with Gasteiger partial charge >= 0.3 is 0 Å². The number of carbonyl (C=O) groups excluding carboxylic acids is 2. The van der Waals surface area contributed by atoms with E-state index in [1.54, 1.807) is 31.2 Å². The molecule has 1 unspecified atom stereocenters. The molecule has 4 aromatic carbocycles. The predicted octanol–water partition coefficient (Wildman–Crippen LogP) is 6.24. The van der Waals surface area contributed by atoms with Crippen LogP contribution in [0.2, 0.25) is 5.02 Å². The molecule has 1 atom stereocenters. The fraction of sp³-hybridized carbons (Fsp3) is 0.257. The van der Waals surface area contributed by atoms with Crippen molar-refractivity contribution < 1.29 is 27.1 Å². The van der Waals surface area contributed by atoms with E-state index in [-0.39, 0.29) is 41.8 Å². The Bertz CT molecular complexity index is 1700. The third-order valence-electron chi connectivity index (χ3n) is 7.20. The summed E-state index contributed by atoms with van der Waals surface area (Å²) in [6.07, 6.45) is 0.847. The second-order valence-electron chi connectivity index (χ2n) is 10.5. The zero-order chi connectivity index (χ0) is 33.1. The predicted molar refractivity (Wildman–Crippen MR) is 178 cm³/mol. The van der Waals surface area contributed by atoms with E-state index in [1.165, 1.54) is 53.4 Å². The molecule has 4 rings (SSSR count). The Morgan fingerprint density at radius 2 is 1.52 bits per heavy atom. The van der Waals surface area contributed by atoms with Gasteiger partial charge in [-0.1, -0.05) is 73.1 Å². The number of rotatable bonds is 15. The van der Waals surface area contributed by atoms with Crippen molar-refractivity contribution >= 4 is 39.1 Å². The zero-order valence-electron chi connectivity index (χ0n) is 25.7. The summed E-state index contributed by atoms with van der Waals surface area (Å²) in [7, 11) is -4.34. The number of carbonyl (C=O) groups is 2. The van der Waals surface area contributed by atoms with Gasteiger partial charge in [0.15, 0.2) is 0 Å². The highest BCUT2D eigenvalue weighted by Gasteiger charge is 2.35. The number of benzene rings is 4. The molecule has 0 aliphatic heterocycles. The molecule has 0 fully saturated rings. The normalized spacial score (nSPS) is 11.8. The maximum atomic E-state index is 14.5. The fourth-order valence-corrected chi connectivity index (χ4v) is 6.45. The van der Waals surface area contributed by atoms with Crippen molar-refractivity contribution in [2.75, 3.05) is 24.0 Å². The first kappa shape index (κ1) is 34.5. The van der Waals surface area contributed by atoms with Crippen LogP contribution in [0.25, 0.3) is 0 Å². The Balaban J connectivity index is 1.82. The van der Waals surface area contributed by atoms with Gasteiger partial charge in [-0.2, -0.15) is 0 Å². The lowest BCUT2D eigenvalue weighted by Gasteiger charge is -2.34. The quantitative estimate of drug-likeness (QED) is 0.162. The topological polar surface area (TPSA) is 96.0 Å². The maximum Gasteiger partial charge on any atom is 0.264 e. The summed E-state index contributed by atoms with van der Waals surface area (Å²) in [5.41, 5.74) is 1.53. The molecule has 2 amide bonds. The highest BCUT2D eigenvalue weighted by molar-refractivity contribution is 7.92. The van der Waals surface area contributed by atoms with Crippen LogP contribution in [-0.4, -0.2) is 50.9 Å². The molecule has 1 N–H and O–H groups in total. The van der Waals surface area contributed by atoms with Crippen molar-refractivity contribution in [1.82, 2.24) is 10.2 Å². The molecule has 0 spiro atoms. The van der Waals surface area contributed by atoms with Crippen LogP contribution in [0, 0.1) is 5.82 Å². The molecule has 0 heterocycles. The van der Waals surface area contributed by atoms with Gasteiger partial charge in [-0.15, -0.1) is 0 Å². The Hall–Kier alpha value is -4.41. The largest absolute Gasteiger partial charge is 0.492 e. The molecule has 0 aromatic heterocycles. The second-order valence-corrected chi connectivity index (χ2v) is 12.8. The number of nitrogens with one attached hydrogen (secondary N) is 1. The van der Waals surface area contributed by atoms with Crippen LogP contribution in [-0.2, 0) is 32.6 Å². The number of hydrogen-bond donors (Lipinski definition) is 1. The summed E-state index contributed by atoms with van der Waals surface area (Å²) >= 11 is 6.05. The summed E-state index contributed by atoms with van der Waals surface area (Å²) in [5, 5.41) is 3.25. The number of ether oxygens (including phenoxy) is 1. The summed E-state index contributed by atoms with van der Waals surface area (Å²) in [5.74, 6) is -1.21. The van der Waals surface area contributed by atoms with Gasteiger partial charge in [0.2, 0.25) is 11.8 Å². The van der Waals surface area contributed by atoms with E-state index in [0.717, 1.165) is 9.87 Å². The molecule has 0 radical (unpaired) electrons. The third-order valence-corrected chi connectivity index (χ3v) is 9.23. The van der Waals surface area contributed by atoms with E-state index in [2.05, 4.69) is 5.32 Å². The van der Waals surface area contributed by atoms with Gasteiger partial charge in [-0.05, 0) is 73.0 Å². The summed E-state index contributed by atoms with van der Waals surface area (Å²) in [6, 6.07) is 26.1. The van der Waals surface area contributed by atoms with Gasteiger partial charge in [-0.3, -0.25) is 13.9 Å². The van der Waals surface area contributed by atoms with E-state index in [9.17, 15) is 22.4 Å². The molecule has 11 heteroatoms. The average Bonchev–Trinajstić information content (AvgIpc) is 3.06. The standard InChI is InChI=1S/C35H37ClFN3O5S/c1-3-22-38-35(42)32(23-26-10-6-5-7-11-26)39(24-27-14-18-29(37)19-15-27)34(41)25-40(31-12-8-9-13-33(31)45-4-2)46(43,44)30-20-16-28(36)17-21-30/h5-21,32H,3-4,22-25H2,1-2H3,(H,38,42). The maximum absolute atomic E-state index is 14.5. The highest BCUT2D eigenvalue weighted by atomic mass is 35.5. The number of halogens is 2. The van der Waals surface area contributed by atoms with Crippen LogP contribution in [0.3, 0.4) is 0 Å². The first-order chi connectivity index (χ1) is 22.1. The van der Waals surface area contributed by atoms with Gasteiger partial charge in [0.05, 0.1) is 17.2 Å². The van der Waals surface area contributed by atoms with Crippen molar-refractivity contribution in [3.05, 3.63) is 125 Å². The minimum atomic E-state index is -4.34. The Morgan fingerprint density at radius 1 is 0.870 bits per heavy atom. The van der Waals surface area contributed by atoms with Crippen LogP contribution in [0.15, 0.2) is 108 Å². The molecule has 8 nitrogen and oxygen atoms in total. The van der Waals surface area contributed by atoms with Gasteiger partial charge in [0.25, 0.3) is 10.0 Å². The number of sulfonamides is 1. The van der Waals surface area contributed by atoms with Gasteiger partial charge in [0.1, 0.15) is 24.2 Å². The van der Waals surface area contributed by atoms with E-state index in [4.69, 9.17) is 16.3 Å². The molecule has 0 saturated heterocycles. The molecule has 0 bridgehead atoms. The summed E-state index contributed by atoms with van der Waals surface area (Å²) < 4.78 is 49.1. The SMILES string of the molecule is CCCNC(=O)C(Cc1ccccc1)N(Cc1ccc(F)cc1)C(=O)CN(c1ccccc1OCC)S(=O)(=O)c1ccc(Cl)cc1. The lowest BCUT2D eigenvalue weighted by Crippen LogP contribution is -2.53. The van der Waals surface area contributed by atoms with Crippen LogP contribution in [0.4, 0.5) is 10.1 Å². The molecule has 0 saturated carbocycles. The van der Waals surface area contributed by atoms with Crippen LogP contribution >= 0.6 is 11.6 Å². The fourth-order valence-electron chi connectivity index (χ4n) is 4.89. The minimum absolute atomic E-state index is 0.0713. The van der Waals surface area contributed by atoms with Crippen molar-refractivity contribution in [1.29, 1.82) is 0 Å². The molecule has 242 valence electrons. The average molecular weight is 666 g/mol. The van der Waals surface area contributed by atoms with Crippen LogP contribution in [0.5, 0.6) is 5.75 Å². The smallest absolute Gasteiger partial charge is 0.264 e. The Labute approximate surface area is 274 Å². The number of hydrogen-bond acceptors (Lipinski definition) is 5. The molecular weight excluding hydrogens is 629 g/mol. The van der Waals surface area contributed by atoms with E-state index >= 15 is 0 Å². The first-order valence-corrected chi connectivity index (χ1v) is 16.8. The van der Waals surface area contributed by atoms with Crippen molar-refractivity contribution in [3.8, 4) is 5.75 Å². The van der Waals surface area contributed by atoms with Crippen LogP contribution in [0.1, 0.15) is 31.4 Å². The molecule has 4 aromatic rings. The summed E-state index contributed by atoms with van der Waals surface area (Å²) in [4.78, 5) is 29.5. The van der Waals surface area contributed by atoms with E-state index < -0.39 is 34.3 Å². The third kappa shape index (κ3) is 8.86. The zero-order valence-corrected chi connectivity index (χ0v) is 27.3. The molecular formula is C35H37ClFN3O5S. The van der Waals surface area contributed by atoms with Gasteiger partial charge < -0.3 is 15.0 Å². The van der Waals surface area contributed by atoms with Crippen molar-refractivity contribution in [2.45, 2.75) is 44.2 Å². The van der Waals surface area contributed by atoms with E-state index in [0.29, 0.717) is 23.6 Å². The summed E-state index contributed by atoms with van der Waals surface area (Å²) in [6.45, 7) is 3.62. The number of nitrogens with zero attached hydrogens (tertiary/aromatic N) is 2. The number of para-hydroxylation sites is 2.